The fourth-order valence-corrected chi connectivity index (χ4v) is 6.44. The number of likely N-dealkylation sites (tertiary alicyclic amines) is 1. The summed E-state index contributed by atoms with van der Waals surface area (Å²) in [6.45, 7) is 5.15. The number of aromatic nitrogens is 5. The predicted octanol–water partition coefficient (Wildman–Crippen LogP) is 3.81. The van der Waals surface area contributed by atoms with Gasteiger partial charge in [-0.2, -0.15) is 5.10 Å². The number of amides is 2. The van der Waals surface area contributed by atoms with Gasteiger partial charge in [-0.15, -0.1) is 0 Å². The second-order valence-electron chi connectivity index (χ2n) is 11.5. The van der Waals surface area contributed by atoms with E-state index in [0.29, 0.717) is 33.3 Å². The van der Waals surface area contributed by atoms with Crippen molar-refractivity contribution in [2.45, 2.75) is 58.7 Å². The summed E-state index contributed by atoms with van der Waals surface area (Å²) in [5.41, 5.74) is 2.79. The maximum absolute atomic E-state index is 13.8. The number of Topliss-reactive ketones (excluding diaryl/α,β-unsaturated/α-hetero) is 1. The van der Waals surface area contributed by atoms with Crippen LogP contribution in [0.25, 0.3) is 22.0 Å². The second kappa shape index (κ2) is 10.6. The molecule has 12 nitrogen and oxygen atoms in total. The Morgan fingerprint density at radius 3 is 2.53 bits per heavy atom. The first kappa shape index (κ1) is 28.6. The molecule has 43 heavy (non-hydrogen) atoms. The average Bonchev–Trinajstić information content (AvgIpc) is 3.30. The number of anilines is 1. The van der Waals surface area contributed by atoms with E-state index in [1.807, 2.05) is 18.2 Å². The number of carboxylic acids is 1. The Balaban J connectivity index is 1.26. The number of benzene rings is 1. The molecule has 1 aliphatic heterocycles. The summed E-state index contributed by atoms with van der Waals surface area (Å²) in [6, 6.07) is 7.81. The van der Waals surface area contributed by atoms with Gasteiger partial charge in [-0.05, 0) is 76.5 Å². The molecular weight excluding hydrogens is 618 g/mol. The third-order valence-corrected chi connectivity index (χ3v) is 8.58. The number of pyridine rings is 1. The van der Waals surface area contributed by atoms with Crippen LogP contribution < -0.4 is 5.32 Å². The van der Waals surface area contributed by atoms with Crippen LogP contribution in [-0.2, 0) is 27.3 Å². The van der Waals surface area contributed by atoms with Crippen molar-refractivity contribution < 1.29 is 24.3 Å². The molecule has 220 valence electrons. The fourth-order valence-electron chi connectivity index (χ4n) is 5.95. The molecule has 13 heteroatoms. The van der Waals surface area contributed by atoms with E-state index in [4.69, 9.17) is 5.11 Å². The number of hydrogen-bond donors (Lipinski definition) is 2. The van der Waals surface area contributed by atoms with Gasteiger partial charge in [0.05, 0.1) is 11.9 Å². The van der Waals surface area contributed by atoms with Gasteiger partial charge < -0.3 is 15.3 Å². The SMILES string of the molecule is CC(=O)c1nn(CC(=O)N2[C@H](C(=O)Nc3cc(CC(=O)O)cc(Br)n3)C[C@@]3(C)C[C@@H]23)c2ccc(-c3cnc(C)nc3)cc12. The minimum atomic E-state index is -1.00. The summed E-state index contributed by atoms with van der Waals surface area (Å²) in [7, 11) is 0. The quantitative estimate of drug-likeness (QED) is 0.214. The van der Waals surface area contributed by atoms with Gasteiger partial charge in [0.1, 0.15) is 34.5 Å². The van der Waals surface area contributed by atoms with Gasteiger partial charge in [0.2, 0.25) is 11.8 Å². The first-order chi connectivity index (χ1) is 20.4. The third kappa shape index (κ3) is 5.52. The van der Waals surface area contributed by atoms with Crippen LogP contribution in [0.4, 0.5) is 5.82 Å². The molecular formula is C30H28BrN7O5. The van der Waals surface area contributed by atoms with Crippen LogP contribution in [0.2, 0.25) is 0 Å². The summed E-state index contributed by atoms with van der Waals surface area (Å²) < 4.78 is 1.91. The molecule has 1 aliphatic carbocycles. The molecule has 0 spiro atoms. The number of aryl methyl sites for hydroxylation is 1. The zero-order chi connectivity index (χ0) is 30.6. The van der Waals surface area contributed by atoms with Crippen molar-refractivity contribution >= 4 is 56.2 Å². The van der Waals surface area contributed by atoms with Crippen LogP contribution in [0.3, 0.4) is 0 Å². The number of aliphatic carboxylic acids is 1. The molecule has 1 saturated carbocycles. The highest BCUT2D eigenvalue weighted by Crippen LogP contribution is 2.59. The van der Waals surface area contributed by atoms with Crippen LogP contribution in [0.15, 0.2) is 47.3 Å². The van der Waals surface area contributed by atoms with Gasteiger partial charge in [-0.25, -0.2) is 15.0 Å². The van der Waals surface area contributed by atoms with Gasteiger partial charge in [0.15, 0.2) is 5.78 Å². The lowest BCUT2D eigenvalue weighted by molar-refractivity contribution is -0.138. The molecule has 1 saturated heterocycles. The van der Waals surface area contributed by atoms with Crippen LogP contribution in [0.1, 0.15) is 48.6 Å². The van der Waals surface area contributed by atoms with Crippen LogP contribution in [0.5, 0.6) is 0 Å². The maximum atomic E-state index is 13.8. The standard InChI is InChI=1S/C30H28BrN7O5/c1-15(39)28-20-9-18(19-12-32-16(2)33-13-19)4-5-21(20)37(36-28)14-26(40)38-22(10-30(3)11-23(30)38)29(43)35-25-7-17(8-27(41)42)6-24(31)34-25/h4-7,9,12-13,22-23H,8,10-11,14H2,1-3H3,(H,41,42)(H,34,35,43)/t22-,23+,30-/m0/s1. The zero-order valence-electron chi connectivity index (χ0n) is 23.7. The molecule has 6 rings (SSSR count). The van der Waals surface area contributed by atoms with E-state index in [-0.39, 0.29) is 47.6 Å². The van der Waals surface area contributed by atoms with Gasteiger partial charge in [-0.1, -0.05) is 13.0 Å². The first-order valence-corrected chi connectivity index (χ1v) is 14.5. The number of hydrogen-bond acceptors (Lipinski definition) is 8. The van der Waals surface area contributed by atoms with E-state index in [1.165, 1.54) is 17.7 Å². The fraction of sp³-hybridized carbons (Fsp3) is 0.333. The molecule has 3 atom stereocenters. The smallest absolute Gasteiger partial charge is 0.307 e. The molecule has 2 fully saturated rings. The molecule has 2 N–H and O–H groups in total. The lowest BCUT2D eigenvalue weighted by Gasteiger charge is -2.27. The topological polar surface area (TPSA) is 160 Å². The Morgan fingerprint density at radius 1 is 1.09 bits per heavy atom. The third-order valence-electron chi connectivity index (χ3n) is 8.17. The van der Waals surface area contributed by atoms with E-state index in [9.17, 15) is 19.2 Å². The summed E-state index contributed by atoms with van der Waals surface area (Å²) in [6.07, 6.45) is 4.49. The molecule has 1 aromatic carbocycles. The van der Waals surface area contributed by atoms with Crippen LogP contribution >= 0.6 is 15.9 Å². The summed E-state index contributed by atoms with van der Waals surface area (Å²) in [5, 5.41) is 17.1. The monoisotopic (exact) mass is 645 g/mol. The van der Waals surface area contributed by atoms with Crippen molar-refractivity contribution in [1.82, 2.24) is 29.6 Å². The number of halogens is 1. The number of ketones is 1. The lowest BCUT2D eigenvalue weighted by atomic mass is 10.0. The van der Waals surface area contributed by atoms with Gasteiger partial charge in [0, 0.05) is 36.3 Å². The molecule has 4 aromatic rings. The summed E-state index contributed by atoms with van der Waals surface area (Å²) >= 11 is 3.27. The molecule has 2 amide bonds. The van der Waals surface area contributed by atoms with E-state index in [1.54, 1.807) is 30.3 Å². The normalized spacial score (nSPS) is 20.6. The van der Waals surface area contributed by atoms with Crippen molar-refractivity contribution in [3.8, 4) is 11.1 Å². The van der Waals surface area contributed by atoms with Crippen molar-refractivity contribution in [1.29, 1.82) is 0 Å². The molecule has 4 heterocycles. The number of rotatable bonds is 8. The van der Waals surface area contributed by atoms with Crippen molar-refractivity contribution in [2.75, 3.05) is 5.32 Å². The van der Waals surface area contributed by atoms with Crippen molar-refractivity contribution in [2.24, 2.45) is 5.41 Å². The average molecular weight is 647 g/mol. The van der Waals surface area contributed by atoms with E-state index in [2.05, 4.69) is 48.2 Å². The largest absolute Gasteiger partial charge is 0.481 e. The number of carboxylic acid groups (broad SMARTS) is 1. The Hall–Kier alpha value is -4.52. The first-order valence-electron chi connectivity index (χ1n) is 13.7. The van der Waals surface area contributed by atoms with Gasteiger partial charge >= 0.3 is 5.97 Å². The van der Waals surface area contributed by atoms with Crippen molar-refractivity contribution in [3.63, 3.8) is 0 Å². The second-order valence-corrected chi connectivity index (χ2v) is 12.3. The minimum absolute atomic E-state index is 0.0870. The number of fused-ring (bicyclic) bond motifs is 2. The van der Waals surface area contributed by atoms with Crippen molar-refractivity contribution in [3.05, 3.63) is 64.4 Å². The summed E-state index contributed by atoms with van der Waals surface area (Å²) in [4.78, 5) is 65.4. The zero-order valence-corrected chi connectivity index (χ0v) is 25.3. The molecule has 0 radical (unpaired) electrons. The highest BCUT2D eigenvalue weighted by Gasteiger charge is 2.64. The predicted molar refractivity (Wildman–Crippen MR) is 159 cm³/mol. The van der Waals surface area contributed by atoms with E-state index in [0.717, 1.165) is 17.5 Å². The number of piperidine rings is 1. The molecule has 2 aliphatic rings. The number of nitrogens with one attached hydrogen (secondary N) is 1. The van der Waals surface area contributed by atoms with Crippen LogP contribution in [-0.4, -0.2) is 70.4 Å². The number of carbonyl (C=O) groups is 4. The molecule has 0 bridgehead atoms. The Labute approximate surface area is 254 Å². The van der Waals surface area contributed by atoms with E-state index < -0.39 is 17.9 Å². The van der Waals surface area contributed by atoms with Gasteiger partial charge in [-0.3, -0.25) is 23.9 Å². The highest BCUT2D eigenvalue weighted by atomic mass is 79.9. The Bertz CT molecular complexity index is 1820. The highest BCUT2D eigenvalue weighted by molar-refractivity contribution is 9.10. The Morgan fingerprint density at radius 2 is 1.84 bits per heavy atom. The number of carbonyl (C=O) groups excluding carboxylic acids is 3. The van der Waals surface area contributed by atoms with Crippen LogP contribution in [0, 0.1) is 12.3 Å². The number of nitrogens with zero attached hydrogens (tertiary/aromatic N) is 6. The minimum Gasteiger partial charge on any atom is -0.481 e. The Kier molecular flexibility index (Phi) is 7.07. The molecule has 0 unspecified atom stereocenters. The maximum Gasteiger partial charge on any atom is 0.307 e. The van der Waals surface area contributed by atoms with Gasteiger partial charge in [0.25, 0.3) is 0 Å². The lowest BCUT2D eigenvalue weighted by Crippen LogP contribution is -2.46. The molecule has 3 aromatic heterocycles. The summed E-state index contributed by atoms with van der Waals surface area (Å²) in [5.74, 6) is -1.06. The van der Waals surface area contributed by atoms with E-state index >= 15 is 0 Å².